The van der Waals surface area contributed by atoms with Gasteiger partial charge in [-0.3, -0.25) is 9.78 Å². The van der Waals surface area contributed by atoms with E-state index in [1.54, 1.807) is 31.5 Å². The molecule has 0 amide bonds. The number of nitrogens with zero attached hydrogens (tertiary/aromatic N) is 2. The average Bonchev–Trinajstić information content (AvgIpc) is 2.77. The van der Waals surface area contributed by atoms with Crippen molar-refractivity contribution in [3.8, 4) is 11.4 Å². The number of thiophene rings is 1. The predicted octanol–water partition coefficient (Wildman–Crippen LogP) is 2.05. The van der Waals surface area contributed by atoms with Gasteiger partial charge >= 0.3 is 5.97 Å². The van der Waals surface area contributed by atoms with E-state index in [9.17, 15) is 9.59 Å². The molecule has 0 radical (unpaired) electrons. The van der Waals surface area contributed by atoms with Crippen LogP contribution in [0.2, 0.25) is 0 Å². The number of carboxylic acids is 1. The summed E-state index contributed by atoms with van der Waals surface area (Å²) in [5, 5.41) is 9.44. The van der Waals surface area contributed by atoms with Crippen molar-refractivity contribution in [2.24, 2.45) is 0 Å². The minimum atomic E-state index is -1.05. The van der Waals surface area contributed by atoms with Gasteiger partial charge < -0.3 is 10.1 Å². The smallest absolute Gasteiger partial charge is 0.346 e. The molecule has 0 aromatic carbocycles. The second-order valence-electron chi connectivity index (χ2n) is 4.19. The third kappa shape index (κ3) is 1.88. The number of fused-ring (bicyclic) bond motifs is 1. The number of H-pyrrole nitrogens is 1. The van der Waals surface area contributed by atoms with E-state index in [2.05, 4.69) is 15.0 Å². The average molecular weight is 287 g/mol. The molecule has 3 aromatic rings. The highest BCUT2D eigenvalue weighted by Gasteiger charge is 2.18. The molecule has 0 atom stereocenters. The van der Waals surface area contributed by atoms with Crippen molar-refractivity contribution < 1.29 is 9.90 Å². The van der Waals surface area contributed by atoms with Gasteiger partial charge in [0.2, 0.25) is 0 Å². The maximum atomic E-state index is 12.1. The van der Waals surface area contributed by atoms with Crippen LogP contribution in [0.4, 0.5) is 0 Å². The molecule has 0 spiro atoms. The van der Waals surface area contributed by atoms with Crippen LogP contribution in [0, 0.1) is 6.92 Å². The Bertz CT molecular complexity index is 868. The van der Waals surface area contributed by atoms with Crippen LogP contribution in [0.25, 0.3) is 21.6 Å². The molecule has 0 unspecified atom stereocenters. The standard InChI is InChI=1S/C13H9N3O3S/c1-6-8-11(17)15-10(7-2-4-14-5-3-7)16-12(8)20-9(6)13(18)19/h2-5H,1H3,(H,18,19)(H,15,16,17). The van der Waals surface area contributed by atoms with Crippen LogP contribution in [0.15, 0.2) is 29.3 Å². The Labute approximate surface area is 116 Å². The second kappa shape index (κ2) is 4.53. The predicted molar refractivity (Wildman–Crippen MR) is 75.2 cm³/mol. The van der Waals surface area contributed by atoms with Gasteiger partial charge in [-0.25, -0.2) is 9.78 Å². The Balaban J connectivity index is 2.31. The highest BCUT2D eigenvalue weighted by Crippen LogP contribution is 2.28. The molecule has 0 bridgehead atoms. The third-order valence-corrected chi connectivity index (χ3v) is 4.12. The number of aromatic amines is 1. The van der Waals surface area contributed by atoms with E-state index in [4.69, 9.17) is 5.11 Å². The summed E-state index contributed by atoms with van der Waals surface area (Å²) < 4.78 is 0. The molecule has 0 saturated heterocycles. The molecule has 100 valence electrons. The van der Waals surface area contributed by atoms with Crippen LogP contribution in [-0.2, 0) is 0 Å². The van der Waals surface area contributed by atoms with Gasteiger partial charge in [0, 0.05) is 18.0 Å². The number of aromatic carboxylic acids is 1. The van der Waals surface area contributed by atoms with E-state index in [-0.39, 0.29) is 10.4 Å². The quantitative estimate of drug-likeness (QED) is 0.752. The van der Waals surface area contributed by atoms with E-state index in [1.807, 2.05) is 0 Å². The first kappa shape index (κ1) is 12.5. The van der Waals surface area contributed by atoms with Crippen molar-refractivity contribution in [2.75, 3.05) is 0 Å². The lowest BCUT2D eigenvalue weighted by molar-refractivity contribution is 0.0701. The summed E-state index contributed by atoms with van der Waals surface area (Å²) in [5.74, 6) is -0.640. The van der Waals surface area contributed by atoms with Crippen molar-refractivity contribution in [3.05, 3.63) is 45.3 Å². The van der Waals surface area contributed by atoms with E-state index >= 15 is 0 Å². The van der Waals surface area contributed by atoms with E-state index < -0.39 is 5.97 Å². The first-order valence-corrected chi connectivity index (χ1v) is 6.56. The zero-order chi connectivity index (χ0) is 14.3. The van der Waals surface area contributed by atoms with Gasteiger partial charge in [-0.05, 0) is 24.6 Å². The lowest BCUT2D eigenvalue weighted by Crippen LogP contribution is -2.09. The summed E-state index contributed by atoms with van der Waals surface area (Å²) in [4.78, 5) is 34.7. The Morgan fingerprint density at radius 2 is 2.05 bits per heavy atom. The van der Waals surface area contributed by atoms with Gasteiger partial charge in [-0.2, -0.15) is 0 Å². The monoisotopic (exact) mass is 287 g/mol. The summed E-state index contributed by atoms with van der Waals surface area (Å²) in [6, 6.07) is 3.45. The van der Waals surface area contributed by atoms with Gasteiger partial charge in [-0.1, -0.05) is 0 Å². The molecule has 20 heavy (non-hydrogen) atoms. The zero-order valence-corrected chi connectivity index (χ0v) is 11.2. The molecule has 0 fully saturated rings. The van der Waals surface area contributed by atoms with Crippen molar-refractivity contribution in [1.82, 2.24) is 15.0 Å². The van der Waals surface area contributed by atoms with E-state index in [1.165, 1.54) is 0 Å². The summed E-state index contributed by atoms with van der Waals surface area (Å²) in [6.45, 7) is 1.62. The molecule has 0 saturated carbocycles. The zero-order valence-electron chi connectivity index (χ0n) is 10.4. The van der Waals surface area contributed by atoms with Crippen molar-refractivity contribution in [3.63, 3.8) is 0 Å². The third-order valence-electron chi connectivity index (χ3n) is 2.95. The number of hydrogen-bond acceptors (Lipinski definition) is 5. The maximum absolute atomic E-state index is 12.1. The normalized spacial score (nSPS) is 10.8. The fraction of sp³-hybridized carbons (Fsp3) is 0.0769. The number of pyridine rings is 1. The number of rotatable bonds is 2. The molecular formula is C13H9N3O3S. The first-order chi connectivity index (χ1) is 9.58. The Morgan fingerprint density at radius 1 is 1.35 bits per heavy atom. The second-order valence-corrected chi connectivity index (χ2v) is 5.19. The van der Waals surface area contributed by atoms with Crippen molar-refractivity contribution in [2.45, 2.75) is 6.92 Å². The van der Waals surface area contributed by atoms with Crippen LogP contribution in [-0.4, -0.2) is 26.0 Å². The van der Waals surface area contributed by atoms with E-state index in [0.29, 0.717) is 21.6 Å². The minimum Gasteiger partial charge on any atom is -0.477 e. The number of nitrogens with one attached hydrogen (secondary N) is 1. The van der Waals surface area contributed by atoms with Crippen LogP contribution in [0.1, 0.15) is 15.2 Å². The summed E-state index contributed by atoms with van der Waals surface area (Å²) in [7, 11) is 0. The van der Waals surface area contributed by atoms with E-state index in [0.717, 1.165) is 16.9 Å². The summed E-state index contributed by atoms with van der Waals surface area (Å²) in [6.07, 6.45) is 3.20. The number of hydrogen-bond donors (Lipinski definition) is 2. The van der Waals surface area contributed by atoms with Crippen LogP contribution >= 0.6 is 11.3 Å². The van der Waals surface area contributed by atoms with Gasteiger partial charge in [0.05, 0.1) is 5.39 Å². The topological polar surface area (TPSA) is 95.9 Å². The van der Waals surface area contributed by atoms with Gasteiger partial charge in [0.15, 0.2) is 0 Å². The Hall–Kier alpha value is -2.54. The fourth-order valence-electron chi connectivity index (χ4n) is 1.99. The van der Waals surface area contributed by atoms with Crippen LogP contribution < -0.4 is 5.56 Å². The number of aryl methyl sites for hydroxylation is 1. The number of carboxylic acid groups (broad SMARTS) is 1. The maximum Gasteiger partial charge on any atom is 0.346 e. The van der Waals surface area contributed by atoms with Gasteiger partial charge in [0.1, 0.15) is 15.5 Å². The molecule has 0 aliphatic heterocycles. The first-order valence-electron chi connectivity index (χ1n) is 5.75. The Morgan fingerprint density at radius 3 is 2.70 bits per heavy atom. The molecule has 6 nitrogen and oxygen atoms in total. The Kier molecular flexibility index (Phi) is 2.83. The van der Waals surface area contributed by atoms with Crippen molar-refractivity contribution in [1.29, 1.82) is 0 Å². The van der Waals surface area contributed by atoms with Gasteiger partial charge in [0.25, 0.3) is 5.56 Å². The summed E-state index contributed by atoms with van der Waals surface area (Å²) >= 11 is 1.01. The molecule has 2 N–H and O–H groups in total. The molecule has 0 aliphatic carbocycles. The molecule has 3 rings (SSSR count). The van der Waals surface area contributed by atoms with Crippen LogP contribution in [0.3, 0.4) is 0 Å². The SMILES string of the molecule is Cc1c(C(=O)O)sc2nc(-c3ccncc3)[nH]c(=O)c12. The molecular weight excluding hydrogens is 278 g/mol. The highest BCUT2D eigenvalue weighted by molar-refractivity contribution is 7.20. The lowest BCUT2D eigenvalue weighted by atomic mass is 10.2. The number of aromatic nitrogens is 3. The molecule has 3 aromatic heterocycles. The highest BCUT2D eigenvalue weighted by atomic mass is 32.1. The van der Waals surface area contributed by atoms with Crippen LogP contribution in [0.5, 0.6) is 0 Å². The van der Waals surface area contributed by atoms with Crippen molar-refractivity contribution >= 4 is 27.5 Å². The lowest BCUT2D eigenvalue weighted by Gasteiger charge is -2.00. The molecule has 3 heterocycles. The largest absolute Gasteiger partial charge is 0.477 e. The molecule has 0 aliphatic rings. The molecule has 7 heteroatoms. The summed E-state index contributed by atoms with van der Waals surface area (Å²) in [5.41, 5.74) is 0.845. The number of carbonyl (C=O) groups is 1. The van der Waals surface area contributed by atoms with Gasteiger partial charge in [-0.15, -0.1) is 11.3 Å². The minimum absolute atomic E-state index is 0.143. The fourth-order valence-corrected chi connectivity index (χ4v) is 3.02.